The molecule has 1 aromatic rings. The van der Waals surface area contributed by atoms with Crippen LogP contribution in [0.4, 0.5) is 0 Å². The largest absolute Gasteiger partial charge is 0.478 e. The van der Waals surface area contributed by atoms with Gasteiger partial charge < -0.3 is 14.6 Å². The Hall–Kier alpha value is -2.63. The lowest BCUT2D eigenvalue weighted by Gasteiger charge is -2.14. The minimum absolute atomic E-state index is 0.0363. The summed E-state index contributed by atoms with van der Waals surface area (Å²) in [6.45, 7) is 5.15. The molecule has 1 aromatic carbocycles. The zero-order chi connectivity index (χ0) is 16.7. The number of carboxylic acid groups (broad SMARTS) is 1. The lowest BCUT2D eigenvalue weighted by molar-refractivity contribution is -0.137. The second-order valence-corrected chi connectivity index (χ2v) is 4.54. The quantitative estimate of drug-likeness (QED) is 0.641. The molecule has 0 heterocycles. The molecule has 0 unspecified atom stereocenters. The van der Waals surface area contributed by atoms with E-state index in [1.54, 1.807) is 26.8 Å². The van der Waals surface area contributed by atoms with Gasteiger partial charge in [0.1, 0.15) is 6.10 Å². The maximum Gasteiger partial charge on any atom is 0.339 e. The minimum atomic E-state index is -1.21. The summed E-state index contributed by atoms with van der Waals surface area (Å²) in [7, 11) is 0. The van der Waals surface area contributed by atoms with E-state index >= 15 is 0 Å². The van der Waals surface area contributed by atoms with Gasteiger partial charge >= 0.3 is 17.9 Å². The van der Waals surface area contributed by atoms with Crippen molar-refractivity contribution in [1.82, 2.24) is 0 Å². The molecule has 6 heteroatoms. The van der Waals surface area contributed by atoms with E-state index in [2.05, 4.69) is 0 Å². The Balaban J connectivity index is 2.85. The third-order valence-corrected chi connectivity index (χ3v) is 2.93. The number of hydrogen-bond donors (Lipinski definition) is 1. The van der Waals surface area contributed by atoms with Gasteiger partial charge in [0.15, 0.2) is 0 Å². The lowest BCUT2D eigenvalue weighted by atomic mass is 10.1. The van der Waals surface area contributed by atoms with Gasteiger partial charge in [-0.3, -0.25) is 0 Å². The van der Waals surface area contributed by atoms with Crippen LogP contribution < -0.4 is 0 Å². The number of benzene rings is 1. The number of hydrogen-bond acceptors (Lipinski definition) is 5. The molecule has 6 nitrogen and oxygen atoms in total. The molecule has 0 radical (unpaired) electrons. The van der Waals surface area contributed by atoms with E-state index in [1.165, 1.54) is 24.3 Å². The van der Waals surface area contributed by atoms with Crippen LogP contribution in [0.15, 0.2) is 35.9 Å². The van der Waals surface area contributed by atoms with E-state index in [1.807, 2.05) is 0 Å². The average Bonchev–Trinajstić information content (AvgIpc) is 2.47. The van der Waals surface area contributed by atoms with Crippen LogP contribution in [0.2, 0.25) is 0 Å². The van der Waals surface area contributed by atoms with Crippen molar-refractivity contribution >= 4 is 17.9 Å². The van der Waals surface area contributed by atoms with Crippen LogP contribution in [0.5, 0.6) is 0 Å². The molecule has 1 N–H and O–H groups in total. The van der Waals surface area contributed by atoms with Gasteiger partial charge in [-0.2, -0.15) is 0 Å². The summed E-state index contributed by atoms with van der Waals surface area (Å²) in [5, 5.41) is 9.06. The molecule has 0 aliphatic rings. The summed E-state index contributed by atoms with van der Waals surface area (Å²) in [5.41, 5.74) is 0.331. The molecule has 0 fully saturated rings. The maximum atomic E-state index is 12.1. The van der Waals surface area contributed by atoms with Crippen molar-refractivity contribution < 1.29 is 29.0 Å². The van der Waals surface area contributed by atoms with E-state index in [-0.39, 0.29) is 17.7 Å². The van der Waals surface area contributed by atoms with E-state index in [0.717, 1.165) is 0 Å². The molecule has 1 rings (SSSR count). The normalized spacial score (nSPS) is 12.4. The number of carbonyl (C=O) groups excluding carboxylic acids is 2. The maximum absolute atomic E-state index is 12.1. The van der Waals surface area contributed by atoms with Gasteiger partial charge in [-0.25, -0.2) is 14.4 Å². The lowest BCUT2D eigenvalue weighted by Crippen LogP contribution is -2.19. The summed E-state index contributed by atoms with van der Waals surface area (Å²) in [5.74, 6) is -2.49. The van der Waals surface area contributed by atoms with Gasteiger partial charge in [0, 0.05) is 6.08 Å². The summed E-state index contributed by atoms with van der Waals surface area (Å²) >= 11 is 0. The monoisotopic (exact) mass is 306 g/mol. The standard InChI is InChI=1S/C16H18O6/c1-4-21-14(17)9-10(2)11(3)22-16(20)13-8-6-5-7-12(13)15(18)19/h5-9,11H,4H2,1-3H3,(H,18,19)/b10-9+/t11-/m1/s1. The van der Waals surface area contributed by atoms with Crippen LogP contribution in [0.1, 0.15) is 41.5 Å². The number of esters is 2. The average molecular weight is 306 g/mol. The molecule has 0 amide bonds. The predicted octanol–water partition coefficient (Wildman–Crippen LogP) is 2.44. The highest BCUT2D eigenvalue weighted by molar-refractivity contribution is 6.02. The molecule has 22 heavy (non-hydrogen) atoms. The highest BCUT2D eigenvalue weighted by Gasteiger charge is 2.20. The van der Waals surface area contributed by atoms with Crippen molar-refractivity contribution in [2.75, 3.05) is 6.61 Å². The number of carboxylic acids is 1. The zero-order valence-electron chi connectivity index (χ0n) is 12.7. The van der Waals surface area contributed by atoms with Gasteiger partial charge in [0.25, 0.3) is 0 Å². The highest BCUT2D eigenvalue weighted by Crippen LogP contribution is 2.14. The fourth-order valence-electron chi connectivity index (χ4n) is 1.65. The van der Waals surface area contributed by atoms with Gasteiger partial charge in [-0.05, 0) is 38.5 Å². The van der Waals surface area contributed by atoms with E-state index < -0.39 is 24.0 Å². The zero-order valence-corrected chi connectivity index (χ0v) is 12.7. The second-order valence-electron chi connectivity index (χ2n) is 4.54. The molecule has 0 aromatic heterocycles. The Labute approximate surface area is 128 Å². The fourth-order valence-corrected chi connectivity index (χ4v) is 1.65. The summed E-state index contributed by atoms with van der Waals surface area (Å²) < 4.78 is 9.96. The molecule has 0 saturated carbocycles. The van der Waals surface area contributed by atoms with Gasteiger partial charge in [0.05, 0.1) is 17.7 Å². The number of aromatic carboxylic acids is 1. The Morgan fingerprint density at radius 3 is 2.36 bits per heavy atom. The van der Waals surface area contributed by atoms with Crippen LogP contribution in [0.3, 0.4) is 0 Å². The topological polar surface area (TPSA) is 89.9 Å². The molecular weight excluding hydrogens is 288 g/mol. The van der Waals surface area contributed by atoms with Crippen molar-refractivity contribution in [2.45, 2.75) is 26.9 Å². The Morgan fingerprint density at radius 2 is 1.82 bits per heavy atom. The smallest absolute Gasteiger partial charge is 0.339 e. The first-order valence-corrected chi connectivity index (χ1v) is 6.75. The first kappa shape index (κ1) is 17.4. The number of rotatable bonds is 6. The van der Waals surface area contributed by atoms with E-state index in [0.29, 0.717) is 5.57 Å². The van der Waals surface area contributed by atoms with E-state index in [9.17, 15) is 14.4 Å². The Bertz CT molecular complexity index is 602. The number of carbonyl (C=O) groups is 3. The fraction of sp³-hybridized carbons (Fsp3) is 0.312. The third-order valence-electron chi connectivity index (χ3n) is 2.93. The minimum Gasteiger partial charge on any atom is -0.478 e. The van der Waals surface area contributed by atoms with Crippen molar-refractivity contribution in [3.63, 3.8) is 0 Å². The summed E-state index contributed by atoms with van der Waals surface area (Å²) in [4.78, 5) is 34.5. The molecule has 0 spiro atoms. The molecule has 0 bridgehead atoms. The highest BCUT2D eigenvalue weighted by atomic mass is 16.5. The summed E-state index contributed by atoms with van der Waals surface area (Å²) in [6, 6.07) is 5.78. The van der Waals surface area contributed by atoms with Gasteiger partial charge in [0.2, 0.25) is 0 Å². The second kappa shape index (κ2) is 7.97. The summed E-state index contributed by atoms with van der Waals surface area (Å²) in [6.07, 6.45) is 0.559. The molecule has 1 atom stereocenters. The molecule has 0 saturated heterocycles. The van der Waals surface area contributed by atoms with Crippen molar-refractivity contribution in [1.29, 1.82) is 0 Å². The first-order valence-electron chi connectivity index (χ1n) is 6.75. The van der Waals surface area contributed by atoms with Crippen molar-refractivity contribution in [2.24, 2.45) is 0 Å². The van der Waals surface area contributed by atoms with Crippen molar-refractivity contribution in [3.05, 3.63) is 47.0 Å². The molecule has 0 aliphatic heterocycles. The van der Waals surface area contributed by atoms with Gasteiger partial charge in [-0.15, -0.1) is 0 Å². The van der Waals surface area contributed by atoms with Crippen LogP contribution in [-0.4, -0.2) is 35.7 Å². The Morgan fingerprint density at radius 1 is 1.23 bits per heavy atom. The predicted molar refractivity (Wildman–Crippen MR) is 78.7 cm³/mol. The number of ether oxygens (including phenoxy) is 2. The van der Waals surface area contributed by atoms with Crippen molar-refractivity contribution in [3.8, 4) is 0 Å². The SMILES string of the molecule is CCOC(=O)/C=C(\C)[C@@H](C)OC(=O)c1ccccc1C(=O)O. The molecular formula is C16H18O6. The van der Waals surface area contributed by atoms with Crippen LogP contribution >= 0.6 is 0 Å². The van der Waals surface area contributed by atoms with Crippen LogP contribution in [0.25, 0.3) is 0 Å². The van der Waals surface area contributed by atoms with Crippen LogP contribution in [-0.2, 0) is 14.3 Å². The first-order chi connectivity index (χ1) is 10.4. The van der Waals surface area contributed by atoms with E-state index in [4.69, 9.17) is 14.6 Å². The van der Waals surface area contributed by atoms with Gasteiger partial charge in [-0.1, -0.05) is 12.1 Å². The third kappa shape index (κ3) is 4.73. The Kier molecular flexibility index (Phi) is 6.31. The molecule has 0 aliphatic carbocycles. The van der Waals surface area contributed by atoms with Crippen LogP contribution in [0, 0.1) is 0 Å². The molecule has 118 valence electrons.